The highest BCUT2D eigenvalue weighted by molar-refractivity contribution is 5.94. The van der Waals surface area contributed by atoms with Gasteiger partial charge in [0.2, 0.25) is 5.91 Å². The summed E-state index contributed by atoms with van der Waals surface area (Å²) in [5.41, 5.74) is 1.88. The van der Waals surface area contributed by atoms with Crippen LogP contribution in [0.4, 0.5) is 19.0 Å². The second-order valence-corrected chi connectivity index (χ2v) is 7.32. The molecule has 0 bridgehead atoms. The van der Waals surface area contributed by atoms with E-state index < -0.39 is 12.1 Å². The van der Waals surface area contributed by atoms with Gasteiger partial charge >= 0.3 is 6.18 Å². The van der Waals surface area contributed by atoms with Crippen molar-refractivity contribution in [2.45, 2.75) is 39.8 Å². The van der Waals surface area contributed by atoms with Gasteiger partial charge in [-0.1, -0.05) is 13.8 Å². The molecule has 0 saturated carbocycles. The van der Waals surface area contributed by atoms with E-state index >= 15 is 0 Å². The first-order valence-corrected chi connectivity index (χ1v) is 9.16. The molecule has 3 aromatic rings. The molecule has 8 heteroatoms. The molecular formula is C21H21F3N4O. The number of aromatic nitrogens is 3. The number of hydrogen-bond donors (Lipinski definition) is 1. The lowest BCUT2D eigenvalue weighted by Gasteiger charge is -2.16. The number of aryl methyl sites for hydroxylation is 1. The fraction of sp³-hybridized carbons (Fsp3) is 0.333. The Morgan fingerprint density at radius 1 is 0.966 bits per heavy atom. The summed E-state index contributed by atoms with van der Waals surface area (Å²) in [5.74, 6) is -1.49. The van der Waals surface area contributed by atoms with Crippen LogP contribution in [0.1, 0.15) is 37.9 Å². The molecule has 0 aromatic carbocycles. The van der Waals surface area contributed by atoms with Crippen molar-refractivity contribution in [1.29, 1.82) is 0 Å². The van der Waals surface area contributed by atoms with E-state index in [4.69, 9.17) is 0 Å². The Labute approximate surface area is 166 Å². The normalized spacial score (nSPS) is 13.0. The van der Waals surface area contributed by atoms with Gasteiger partial charge in [0, 0.05) is 40.8 Å². The molecule has 1 atom stereocenters. The SMILES string of the molecule is Cc1cc([C@H](C)C(F)(F)F)ncc1-c1cc2cnc(NC(=O)C(C)C)cc2cn1. The van der Waals surface area contributed by atoms with Crippen molar-refractivity contribution in [3.63, 3.8) is 0 Å². The fourth-order valence-corrected chi connectivity index (χ4v) is 2.77. The molecule has 0 aliphatic carbocycles. The number of alkyl halides is 3. The number of nitrogens with one attached hydrogen (secondary N) is 1. The molecule has 0 radical (unpaired) electrons. The topological polar surface area (TPSA) is 67.8 Å². The van der Waals surface area contributed by atoms with Crippen molar-refractivity contribution >= 4 is 22.5 Å². The van der Waals surface area contributed by atoms with Crippen LogP contribution in [0.3, 0.4) is 0 Å². The Balaban J connectivity index is 1.91. The third-order valence-electron chi connectivity index (χ3n) is 4.72. The van der Waals surface area contributed by atoms with Crippen LogP contribution in [-0.2, 0) is 4.79 Å². The first-order chi connectivity index (χ1) is 13.6. The maximum Gasteiger partial charge on any atom is 0.396 e. The molecule has 0 aliphatic heterocycles. The van der Waals surface area contributed by atoms with Gasteiger partial charge < -0.3 is 5.32 Å². The first kappa shape index (κ1) is 20.7. The van der Waals surface area contributed by atoms with E-state index in [2.05, 4.69) is 20.3 Å². The Bertz CT molecular complexity index is 1060. The summed E-state index contributed by atoms with van der Waals surface area (Å²) in [5, 5.41) is 4.32. The standard InChI is InChI=1S/C21H21F3N4O/c1-11(2)20(29)28-19-7-15-8-25-18(6-14(15)9-27-19)16-10-26-17(5-12(16)3)13(4)21(22,23)24/h5-11,13H,1-4H3,(H,27,28,29)/t13-/m0/s1. The van der Waals surface area contributed by atoms with E-state index in [1.165, 1.54) is 12.3 Å². The average Bonchev–Trinajstić information content (AvgIpc) is 2.66. The largest absolute Gasteiger partial charge is 0.396 e. The maximum atomic E-state index is 12.9. The van der Waals surface area contributed by atoms with E-state index in [9.17, 15) is 18.0 Å². The summed E-state index contributed by atoms with van der Waals surface area (Å²) < 4.78 is 38.8. The van der Waals surface area contributed by atoms with Crippen molar-refractivity contribution in [2.75, 3.05) is 5.32 Å². The van der Waals surface area contributed by atoms with E-state index in [1.54, 1.807) is 45.3 Å². The van der Waals surface area contributed by atoms with Crippen LogP contribution in [0, 0.1) is 12.8 Å². The van der Waals surface area contributed by atoms with Gasteiger partial charge in [0.25, 0.3) is 0 Å². The van der Waals surface area contributed by atoms with Gasteiger partial charge in [-0.2, -0.15) is 13.2 Å². The molecule has 152 valence electrons. The van der Waals surface area contributed by atoms with Crippen molar-refractivity contribution in [3.8, 4) is 11.3 Å². The third kappa shape index (κ3) is 4.52. The minimum absolute atomic E-state index is 0.0215. The van der Waals surface area contributed by atoms with E-state index in [0.29, 0.717) is 22.6 Å². The Morgan fingerprint density at radius 3 is 2.24 bits per heavy atom. The summed E-state index contributed by atoms with van der Waals surface area (Å²) in [6.07, 6.45) is 0.352. The van der Waals surface area contributed by atoms with Crippen LogP contribution in [0.25, 0.3) is 22.0 Å². The Kier molecular flexibility index (Phi) is 5.55. The minimum Gasteiger partial charge on any atom is -0.310 e. The van der Waals surface area contributed by atoms with Gasteiger partial charge in [-0.05, 0) is 37.6 Å². The number of amides is 1. The molecule has 0 fully saturated rings. The molecule has 1 amide bonds. The fourth-order valence-electron chi connectivity index (χ4n) is 2.77. The van der Waals surface area contributed by atoms with Gasteiger partial charge in [-0.15, -0.1) is 0 Å². The highest BCUT2D eigenvalue weighted by atomic mass is 19.4. The van der Waals surface area contributed by atoms with Crippen LogP contribution in [-0.4, -0.2) is 27.0 Å². The predicted molar refractivity (Wildman–Crippen MR) is 105 cm³/mol. The van der Waals surface area contributed by atoms with Gasteiger partial charge in [0.05, 0.1) is 17.3 Å². The summed E-state index contributed by atoms with van der Waals surface area (Å²) in [7, 11) is 0. The van der Waals surface area contributed by atoms with Crippen LogP contribution in [0.2, 0.25) is 0 Å². The van der Waals surface area contributed by atoms with Crippen LogP contribution in [0.15, 0.2) is 36.8 Å². The lowest BCUT2D eigenvalue weighted by atomic mass is 10.0. The molecule has 0 aliphatic rings. The number of hydrogen-bond acceptors (Lipinski definition) is 4. The molecule has 0 saturated heterocycles. The highest BCUT2D eigenvalue weighted by Crippen LogP contribution is 2.35. The van der Waals surface area contributed by atoms with Crippen LogP contribution in [0.5, 0.6) is 0 Å². The minimum atomic E-state index is -4.34. The lowest BCUT2D eigenvalue weighted by molar-refractivity contribution is -0.147. The number of pyridine rings is 3. The number of carbonyl (C=O) groups excluding carboxylic acids is 1. The number of fused-ring (bicyclic) bond motifs is 1. The van der Waals surface area contributed by atoms with Crippen molar-refractivity contribution in [2.24, 2.45) is 5.92 Å². The van der Waals surface area contributed by atoms with E-state index in [1.807, 2.05) is 0 Å². The molecule has 1 N–H and O–H groups in total. The quantitative estimate of drug-likeness (QED) is 0.646. The number of rotatable bonds is 4. The smallest absolute Gasteiger partial charge is 0.310 e. The summed E-state index contributed by atoms with van der Waals surface area (Å²) in [6.45, 7) is 6.41. The average molecular weight is 402 g/mol. The Morgan fingerprint density at radius 2 is 1.62 bits per heavy atom. The second kappa shape index (κ2) is 7.77. The molecule has 0 spiro atoms. The molecule has 29 heavy (non-hydrogen) atoms. The lowest BCUT2D eigenvalue weighted by Crippen LogP contribution is -2.19. The van der Waals surface area contributed by atoms with Gasteiger partial charge in [-0.25, -0.2) is 4.98 Å². The maximum absolute atomic E-state index is 12.9. The molecular weight excluding hydrogens is 381 g/mol. The molecule has 3 heterocycles. The van der Waals surface area contributed by atoms with E-state index in [0.717, 1.165) is 17.7 Å². The third-order valence-corrected chi connectivity index (χ3v) is 4.72. The number of nitrogens with zero attached hydrogens (tertiary/aromatic N) is 3. The van der Waals surface area contributed by atoms with Crippen molar-refractivity contribution < 1.29 is 18.0 Å². The molecule has 3 rings (SSSR count). The van der Waals surface area contributed by atoms with Gasteiger partial charge in [-0.3, -0.25) is 14.8 Å². The zero-order chi connectivity index (χ0) is 21.3. The number of halogens is 3. The highest BCUT2D eigenvalue weighted by Gasteiger charge is 2.38. The first-order valence-electron chi connectivity index (χ1n) is 9.16. The van der Waals surface area contributed by atoms with Crippen molar-refractivity contribution in [1.82, 2.24) is 15.0 Å². The number of carbonyl (C=O) groups is 1. The van der Waals surface area contributed by atoms with Crippen LogP contribution < -0.4 is 5.32 Å². The van der Waals surface area contributed by atoms with E-state index in [-0.39, 0.29) is 17.5 Å². The predicted octanol–water partition coefficient (Wildman–Crippen LogP) is 5.26. The zero-order valence-electron chi connectivity index (χ0n) is 16.5. The monoisotopic (exact) mass is 402 g/mol. The van der Waals surface area contributed by atoms with Crippen LogP contribution >= 0.6 is 0 Å². The van der Waals surface area contributed by atoms with Gasteiger partial charge in [0.1, 0.15) is 5.82 Å². The molecule has 5 nitrogen and oxygen atoms in total. The second-order valence-electron chi connectivity index (χ2n) is 7.32. The summed E-state index contributed by atoms with van der Waals surface area (Å²) in [6, 6.07) is 4.97. The molecule has 0 unspecified atom stereocenters. The number of anilines is 1. The van der Waals surface area contributed by atoms with Crippen molar-refractivity contribution in [3.05, 3.63) is 48.0 Å². The zero-order valence-corrected chi connectivity index (χ0v) is 16.5. The van der Waals surface area contributed by atoms with Gasteiger partial charge in [0.15, 0.2) is 0 Å². The summed E-state index contributed by atoms with van der Waals surface area (Å²) in [4.78, 5) is 24.5. The summed E-state index contributed by atoms with van der Waals surface area (Å²) >= 11 is 0. The Hall–Kier alpha value is -3.03. The molecule has 3 aromatic heterocycles.